The monoisotopic (exact) mass is 388 g/mol. The second kappa shape index (κ2) is 8.28. The van der Waals surface area contributed by atoms with Gasteiger partial charge < -0.3 is 18.6 Å². The first-order valence-electron chi connectivity index (χ1n) is 8.41. The molecular formula is C18H20N4O4S. The minimum Gasteiger partial charge on any atom is -0.465 e. The van der Waals surface area contributed by atoms with Gasteiger partial charge in [0.25, 0.3) is 0 Å². The topological polar surface area (TPSA) is 87.7 Å². The summed E-state index contributed by atoms with van der Waals surface area (Å²) in [5, 5.41) is 0. The molecular weight excluding hydrogens is 368 g/mol. The van der Waals surface area contributed by atoms with Crippen molar-refractivity contribution in [3.63, 3.8) is 0 Å². The van der Waals surface area contributed by atoms with Crippen LogP contribution in [-0.2, 0) is 23.1 Å². The predicted octanol–water partition coefficient (Wildman–Crippen LogP) is 2.00. The second-order valence-electron chi connectivity index (χ2n) is 5.69. The molecule has 3 aromatic rings. The van der Waals surface area contributed by atoms with Gasteiger partial charge in [0.05, 0.1) is 29.5 Å². The molecule has 0 spiro atoms. The third-order valence-electron chi connectivity index (χ3n) is 3.98. The fourth-order valence-electron chi connectivity index (χ4n) is 2.63. The van der Waals surface area contributed by atoms with Crippen molar-refractivity contribution in [2.45, 2.75) is 13.5 Å². The number of methoxy groups -OCH3 is 1. The molecule has 0 saturated heterocycles. The lowest BCUT2D eigenvalue weighted by atomic mass is 10.2. The van der Waals surface area contributed by atoms with Crippen LogP contribution in [0.5, 0.6) is 0 Å². The Hall–Kier alpha value is -2.78. The van der Waals surface area contributed by atoms with Crippen molar-refractivity contribution < 1.29 is 19.1 Å². The lowest BCUT2D eigenvalue weighted by Gasteiger charge is -2.06. The first-order valence-corrected chi connectivity index (χ1v) is 9.22. The number of esters is 1. The molecule has 3 rings (SSSR count). The Kier molecular flexibility index (Phi) is 5.82. The van der Waals surface area contributed by atoms with E-state index >= 15 is 0 Å². The first-order chi connectivity index (χ1) is 13.0. The number of ether oxygens (including phenoxy) is 2. The number of rotatable bonds is 6. The molecule has 9 heteroatoms. The van der Waals surface area contributed by atoms with E-state index in [1.165, 1.54) is 18.4 Å². The Morgan fingerprint density at radius 3 is 2.81 bits per heavy atom. The van der Waals surface area contributed by atoms with Gasteiger partial charge in [0.15, 0.2) is 4.80 Å². The summed E-state index contributed by atoms with van der Waals surface area (Å²) in [5.41, 5.74) is 1.32. The average molecular weight is 388 g/mol. The van der Waals surface area contributed by atoms with Crippen LogP contribution >= 0.6 is 11.3 Å². The number of aryl methyl sites for hydroxylation is 1. The minimum absolute atomic E-state index is 0.263. The number of nitrogens with zero attached hydrogens (tertiary/aromatic N) is 4. The van der Waals surface area contributed by atoms with Gasteiger partial charge >= 0.3 is 11.9 Å². The van der Waals surface area contributed by atoms with Crippen LogP contribution in [0.4, 0.5) is 0 Å². The fourth-order valence-corrected chi connectivity index (χ4v) is 3.72. The highest BCUT2D eigenvalue weighted by molar-refractivity contribution is 7.16. The summed E-state index contributed by atoms with van der Waals surface area (Å²) >= 11 is 1.33. The SMILES string of the molecule is CCOCCn1c(=NC(=O)c2nccn2C)sc2cc(C(=O)OC)ccc21. The molecule has 27 heavy (non-hydrogen) atoms. The lowest BCUT2D eigenvalue weighted by Crippen LogP contribution is -2.20. The standard InChI is InChI=1S/C18H20N4O4S/c1-4-26-10-9-22-13-6-5-12(17(24)25-3)11-14(13)27-18(22)20-16(23)15-19-7-8-21(15)2/h5-8,11H,4,9-10H2,1-3H3. The third-order valence-corrected chi connectivity index (χ3v) is 5.02. The van der Waals surface area contributed by atoms with Crippen molar-refractivity contribution in [1.29, 1.82) is 0 Å². The molecule has 0 aliphatic carbocycles. The summed E-state index contributed by atoms with van der Waals surface area (Å²) < 4.78 is 14.6. The van der Waals surface area contributed by atoms with Crippen molar-refractivity contribution >= 4 is 33.4 Å². The van der Waals surface area contributed by atoms with Crippen LogP contribution in [0.1, 0.15) is 27.9 Å². The largest absolute Gasteiger partial charge is 0.465 e. The van der Waals surface area contributed by atoms with Gasteiger partial charge in [-0.05, 0) is 25.1 Å². The molecule has 0 aliphatic heterocycles. The molecule has 0 aliphatic rings. The maximum absolute atomic E-state index is 12.5. The van der Waals surface area contributed by atoms with Crippen molar-refractivity contribution in [2.24, 2.45) is 12.0 Å². The molecule has 0 radical (unpaired) electrons. The van der Waals surface area contributed by atoms with Crippen LogP contribution in [-0.4, -0.2) is 46.3 Å². The van der Waals surface area contributed by atoms with Crippen LogP contribution in [0.15, 0.2) is 35.6 Å². The van der Waals surface area contributed by atoms with Crippen LogP contribution in [0.25, 0.3) is 10.2 Å². The Morgan fingerprint density at radius 1 is 1.33 bits per heavy atom. The van der Waals surface area contributed by atoms with Crippen LogP contribution in [0.2, 0.25) is 0 Å². The smallest absolute Gasteiger partial charge is 0.337 e. The maximum Gasteiger partial charge on any atom is 0.337 e. The van der Waals surface area contributed by atoms with Crippen molar-refractivity contribution in [2.75, 3.05) is 20.3 Å². The Balaban J connectivity index is 2.09. The molecule has 1 amide bonds. The van der Waals surface area contributed by atoms with Gasteiger partial charge in [0.2, 0.25) is 5.82 Å². The number of hydrogen-bond acceptors (Lipinski definition) is 6. The molecule has 0 saturated carbocycles. The number of fused-ring (bicyclic) bond motifs is 1. The van der Waals surface area contributed by atoms with E-state index < -0.39 is 11.9 Å². The van der Waals surface area contributed by atoms with E-state index in [0.717, 1.165) is 10.2 Å². The van der Waals surface area contributed by atoms with E-state index in [9.17, 15) is 9.59 Å². The zero-order valence-electron chi connectivity index (χ0n) is 15.3. The first kappa shape index (κ1) is 19.0. The normalized spacial score (nSPS) is 11.9. The second-order valence-corrected chi connectivity index (χ2v) is 6.70. The van der Waals surface area contributed by atoms with Gasteiger partial charge in [-0.3, -0.25) is 4.79 Å². The molecule has 142 valence electrons. The zero-order chi connectivity index (χ0) is 19.4. The van der Waals surface area contributed by atoms with Gasteiger partial charge in [-0.15, -0.1) is 0 Å². The van der Waals surface area contributed by atoms with Gasteiger partial charge in [-0.1, -0.05) is 11.3 Å². The Labute approximate surface area is 159 Å². The van der Waals surface area contributed by atoms with Crippen molar-refractivity contribution in [1.82, 2.24) is 14.1 Å². The summed E-state index contributed by atoms with van der Waals surface area (Å²) in [5.74, 6) is -0.569. The van der Waals surface area contributed by atoms with Crippen molar-refractivity contribution in [3.8, 4) is 0 Å². The molecule has 0 N–H and O–H groups in total. The summed E-state index contributed by atoms with van der Waals surface area (Å²) in [7, 11) is 3.09. The number of imidazole rings is 1. The van der Waals surface area contributed by atoms with Crippen LogP contribution in [0.3, 0.4) is 0 Å². The van der Waals surface area contributed by atoms with E-state index in [0.29, 0.717) is 30.1 Å². The zero-order valence-corrected chi connectivity index (χ0v) is 16.2. The lowest BCUT2D eigenvalue weighted by molar-refractivity contribution is 0.0600. The average Bonchev–Trinajstić information content (AvgIpc) is 3.24. The summed E-state index contributed by atoms with van der Waals surface area (Å²) in [4.78, 5) is 33.1. The van der Waals surface area contributed by atoms with Crippen molar-refractivity contribution in [3.05, 3.63) is 46.8 Å². The molecule has 2 aromatic heterocycles. The van der Waals surface area contributed by atoms with E-state index in [-0.39, 0.29) is 5.82 Å². The van der Waals surface area contributed by atoms with Gasteiger partial charge in [-0.25, -0.2) is 9.78 Å². The number of carbonyl (C=O) groups is 2. The van der Waals surface area contributed by atoms with E-state index in [1.807, 2.05) is 17.6 Å². The highest BCUT2D eigenvalue weighted by Gasteiger charge is 2.14. The highest BCUT2D eigenvalue weighted by atomic mass is 32.1. The van der Waals surface area contributed by atoms with E-state index in [4.69, 9.17) is 9.47 Å². The Bertz CT molecular complexity index is 1050. The third kappa shape index (κ3) is 3.99. The summed E-state index contributed by atoms with van der Waals surface area (Å²) in [6, 6.07) is 5.27. The quantitative estimate of drug-likeness (QED) is 0.476. The summed E-state index contributed by atoms with van der Waals surface area (Å²) in [6.07, 6.45) is 3.25. The Morgan fingerprint density at radius 2 is 2.15 bits per heavy atom. The number of hydrogen-bond donors (Lipinski definition) is 0. The molecule has 8 nitrogen and oxygen atoms in total. The molecule has 2 heterocycles. The number of amides is 1. The molecule has 0 fully saturated rings. The molecule has 1 aromatic carbocycles. The number of carbonyl (C=O) groups excluding carboxylic acids is 2. The molecule has 0 bridgehead atoms. The van der Waals surface area contributed by atoms with E-state index in [2.05, 4.69) is 9.98 Å². The number of benzene rings is 1. The highest BCUT2D eigenvalue weighted by Crippen LogP contribution is 2.20. The van der Waals surface area contributed by atoms with Gasteiger partial charge in [0.1, 0.15) is 0 Å². The summed E-state index contributed by atoms with van der Waals surface area (Å²) in [6.45, 7) is 3.56. The molecule has 0 atom stereocenters. The van der Waals surface area contributed by atoms with Crippen LogP contribution < -0.4 is 4.80 Å². The predicted molar refractivity (Wildman–Crippen MR) is 101 cm³/mol. The number of aromatic nitrogens is 3. The maximum atomic E-state index is 12.5. The van der Waals surface area contributed by atoms with Gasteiger partial charge in [-0.2, -0.15) is 4.99 Å². The fraction of sp³-hybridized carbons (Fsp3) is 0.333. The van der Waals surface area contributed by atoms with Gasteiger partial charge in [0, 0.05) is 32.6 Å². The minimum atomic E-state index is -0.424. The number of thiazole rings is 1. The molecule has 0 unspecified atom stereocenters. The van der Waals surface area contributed by atoms with Crippen LogP contribution in [0, 0.1) is 0 Å². The van der Waals surface area contributed by atoms with E-state index in [1.54, 1.807) is 36.1 Å².